The number of rotatable bonds is 5. The van der Waals surface area contributed by atoms with Crippen molar-refractivity contribution in [3.63, 3.8) is 0 Å². The Labute approximate surface area is 222 Å². The van der Waals surface area contributed by atoms with Crippen molar-refractivity contribution in [1.29, 1.82) is 5.26 Å². The number of carbonyl (C=O) groups excluding carboxylic acids is 1. The van der Waals surface area contributed by atoms with Crippen LogP contribution in [0.1, 0.15) is 32.8 Å². The molecule has 2 unspecified atom stereocenters. The highest BCUT2D eigenvalue weighted by Gasteiger charge is 2.32. The molecule has 0 radical (unpaired) electrons. The van der Waals surface area contributed by atoms with Crippen LogP contribution in [0.5, 0.6) is 5.75 Å². The van der Waals surface area contributed by atoms with Gasteiger partial charge in [0.05, 0.1) is 24.4 Å². The molecule has 2 atom stereocenters. The van der Waals surface area contributed by atoms with Gasteiger partial charge in [0.15, 0.2) is 0 Å². The minimum atomic E-state index is 0.122. The SMILES string of the molecule is CCC(=O)N1C(C)CN(c2ccc(-c3cnc4c(-c5ccc(C#N)cc5)nccc4c3OC)cn2)CC1C. The summed E-state index contributed by atoms with van der Waals surface area (Å²) in [6.45, 7) is 7.59. The molecular weight excluding hydrogens is 476 g/mol. The van der Waals surface area contributed by atoms with Crippen molar-refractivity contribution in [2.24, 2.45) is 0 Å². The van der Waals surface area contributed by atoms with Gasteiger partial charge in [0.1, 0.15) is 17.1 Å². The van der Waals surface area contributed by atoms with Crippen LogP contribution in [0.25, 0.3) is 33.3 Å². The van der Waals surface area contributed by atoms with Crippen molar-refractivity contribution in [1.82, 2.24) is 19.9 Å². The Bertz CT molecular complexity index is 1500. The van der Waals surface area contributed by atoms with Gasteiger partial charge < -0.3 is 14.5 Å². The summed E-state index contributed by atoms with van der Waals surface area (Å²) >= 11 is 0. The largest absolute Gasteiger partial charge is 0.495 e. The standard InChI is InChI=1S/C30H30N6O2/c1-5-27(37)36-19(2)17-35(18-20(36)3)26-11-10-23(15-33-26)25-16-34-29-24(30(25)38-4)12-13-32-28(29)22-8-6-21(14-31)7-9-22/h6-13,15-16,19-20H,5,17-18H2,1-4H3. The van der Waals surface area contributed by atoms with Crippen molar-refractivity contribution >= 4 is 22.6 Å². The molecule has 0 spiro atoms. The number of piperazine rings is 1. The lowest BCUT2D eigenvalue weighted by Gasteiger charge is -2.45. The molecule has 4 heterocycles. The fourth-order valence-corrected chi connectivity index (χ4v) is 5.36. The zero-order chi connectivity index (χ0) is 26.8. The van der Waals surface area contributed by atoms with E-state index >= 15 is 0 Å². The molecule has 3 aromatic heterocycles. The van der Waals surface area contributed by atoms with Gasteiger partial charge in [0, 0.05) is 72.3 Å². The van der Waals surface area contributed by atoms with Gasteiger partial charge >= 0.3 is 0 Å². The highest BCUT2D eigenvalue weighted by Crippen LogP contribution is 2.38. The van der Waals surface area contributed by atoms with Crippen LogP contribution in [0.4, 0.5) is 5.82 Å². The summed E-state index contributed by atoms with van der Waals surface area (Å²) in [6.07, 6.45) is 5.92. The number of amides is 1. The summed E-state index contributed by atoms with van der Waals surface area (Å²) in [6, 6.07) is 15.7. The summed E-state index contributed by atoms with van der Waals surface area (Å²) in [5.41, 5.74) is 4.68. The lowest BCUT2D eigenvalue weighted by molar-refractivity contribution is -0.135. The number of aromatic nitrogens is 3. The zero-order valence-electron chi connectivity index (χ0n) is 22.0. The molecule has 1 saturated heterocycles. The number of fused-ring (bicyclic) bond motifs is 1. The van der Waals surface area contributed by atoms with Crippen LogP contribution in [0.3, 0.4) is 0 Å². The predicted molar refractivity (Wildman–Crippen MR) is 148 cm³/mol. The molecule has 1 aromatic carbocycles. The maximum Gasteiger partial charge on any atom is 0.222 e. The van der Waals surface area contributed by atoms with Crippen LogP contribution in [-0.4, -0.2) is 58.0 Å². The summed E-state index contributed by atoms with van der Waals surface area (Å²) in [7, 11) is 1.65. The third kappa shape index (κ3) is 4.52. The number of nitrogens with zero attached hydrogens (tertiary/aromatic N) is 6. The monoisotopic (exact) mass is 506 g/mol. The average Bonchev–Trinajstić information content (AvgIpc) is 2.95. The van der Waals surface area contributed by atoms with Crippen LogP contribution >= 0.6 is 0 Å². The van der Waals surface area contributed by atoms with Crippen LogP contribution in [0, 0.1) is 11.3 Å². The summed E-state index contributed by atoms with van der Waals surface area (Å²) in [5.74, 6) is 1.79. The molecule has 1 amide bonds. The third-order valence-corrected chi connectivity index (χ3v) is 7.12. The third-order valence-electron chi connectivity index (χ3n) is 7.12. The van der Waals surface area contributed by atoms with E-state index in [-0.39, 0.29) is 18.0 Å². The Kier molecular flexibility index (Phi) is 6.93. The smallest absolute Gasteiger partial charge is 0.222 e. The minimum absolute atomic E-state index is 0.122. The van der Waals surface area contributed by atoms with E-state index in [2.05, 4.69) is 29.8 Å². The first-order chi connectivity index (χ1) is 18.4. The molecule has 8 heteroatoms. The molecule has 1 fully saturated rings. The molecule has 8 nitrogen and oxygen atoms in total. The number of nitriles is 1. The van der Waals surface area contributed by atoms with E-state index in [1.165, 1.54) is 0 Å². The quantitative estimate of drug-likeness (QED) is 0.373. The molecule has 0 N–H and O–H groups in total. The first-order valence-electron chi connectivity index (χ1n) is 12.8. The van der Waals surface area contributed by atoms with E-state index in [0.717, 1.165) is 52.2 Å². The van der Waals surface area contributed by atoms with Gasteiger partial charge in [-0.05, 0) is 44.2 Å². The fraction of sp³-hybridized carbons (Fsp3) is 0.300. The number of hydrogen-bond acceptors (Lipinski definition) is 7. The Morgan fingerprint density at radius 3 is 2.32 bits per heavy atom. The van der Waals surface area contributed by atoms with E-state index in [0.29, 0.717) is 17.7 Å². The van der Waals surface area contributed by atoms with E-state index in [1.54, 1.807) is 31.6 Å². The number of ether oxygens (including phenoxy) is 1. The molecule has 192 valence electrons. The molecule has 1 aliphatic rings. The first kappa shape index (κ1) is 25.2. The Hall–Kier alpha value is -4.51. The van der Waals surface area contributed by atoms with Crippen LogP contribution in [0.15, 0.2) is 61.1 Å². The highest BCUT2D eigenvalue weighted by molar-refractivity contribution is 5.98. The Morgan fingerprint density at radius 1 is 1.00 bits per heavy atom. The molecule has 0 aliphatic carbocycles. The van der Waals surface area contributed by atoms with E-state index in [9.17, 15) is 4.79 Å². The second-order valence-electron chi connectivity index (χ2n) is 9.61. The number of carbonyl (C=O) groups is 1. The summed E-state index contributed by atoms with van der Waals surface area (Å²) < 4.78 is 5.87. The van der Waals surface area contributed by atoms with Crippen molar-refractivity contribution in [2.75, 3.05) is 25.1 Å². The second kappa shape index (κ2) is 10.5. The topological polar surface area (TPSA) is 95.2 Å². The highest BCUT2D eigenvalue weighted by atomic mass is 16.5. The van der Waals surface area contributed by atoms with E-state index in [4.69, 9.17) is 20.0 Å². The van der Waals surface area contributed by atoms with Gasteiger partial charge in [-0.1, -0.05) is 19.1 Å². The van der Waals surface area contributed by atoms with Gasteiger partial charge in [-0.15, -0.1) is 0 Å². The van der Waals surface area contributed by atoms with Crippen LogP contribution < -0.4 is 9.64 Å². The molecule has 1 aliphatic heterocycles. The van der Waals surface area contributed by atoms with Gasteiger partial charge in [0.25, 0.3) is 0 Å². The molecule has 0 saturated carbocycles. The van der Waals surface area contributed by atoms with E-state index in [1.807, 2.05) is 48.4 Å². The van der Waals surface area contributed by atoms with Gasteiger partial charge in [-0.3, -0.25) is 14.8 Å². The Morgan fingerprint density at radius 2 is 1.71 bits per heavy atom. The molecule has 4 aromatic rings. The number of methoxy groups -OCH3 is 1. The van der Waals surface area contributed by atoms with Gasteiger partial charge in [0.2, 0.25) is 5.91 Å². The minimum Gasteiger partial charge on any atom is -0.495 e. The first-order valence-corrected chi connectivity index (χ1v) is 12.8. The normalized spacial score (nSPS) is 17.3. The maximum absolute atomic E-state index is 12.4. The lowest BCUT2D eigenvalue weighted by atomic mass is 10.0. The van der Waals surface area contributed by atoms with Gasteiger partial charge in [-0.25, -0.2) is 4.98 Å². The average molecular weight is 507 g/mol. The van der Waals surface area contributed by atoms with Crippen LogP contribution in [0.2, 0.25) is 0 Å². The van der Waals surface area contributed by atoms with Crippen molar-refractivity contribution < 1.29 is 9.53 Å². The summed E-state index contributed by atoms with van der Waals surface area (Å²) in [4.78, 5) is 30.7. The Balaban J connectivity index is 1.45. The summed E-state index contributed by atoms with van der Waals surface area (Å²) in [5, 5.41) is 9.97. The predicted octanol–water partition coefficient (Wildman–Crippen LogP) is 5.07. The fourth-order valence-electron chi connectivity index (χ4n) is 5.36. The molecule has 0 bridgehead atoms. The van der Waals surface area contributed by atoms with Crippen molar-refractivity contribution in [3.05, 3.63) is 66.6 Å². The van der Waals surface area contributed by atoms with Crippen LogP contribution in [-0.2, 0) is 4.79 Å². The lowest BCUT2D eigenvalue weighted by Crippen LogP contribution is -2.58. The van der Waals surface area contributed by atoms with Gasteiger partial charge in [-0.2, -0.15) is 5.26 Å². The molecular formula is C30H30N6O2. The second-order valence-corrected chi connectivity index (χ2v) is 9.61. The number of hydrogen-bond donors (Lipinski definition) is 0. The number of anilines is 1. The maximum atomic E-state index is 12.4. The van der Waals surface area contributed by atoms with Crippen molar-refractivity contribution in [3.8, 4) is 34.2 Å². The number of benzene rings is 1. The molecule has 38 heavy (non-hydrogen) atoms. The van der Waals surface area contributed by atoms with Crippen molar-refractivity contribution in [2.45, 2.75) is 39.3 Å². The van der Waals surface area contributed by atoms with E-state index < -0.39 is 0 Å². The number of pyridine rings is 3. The zero-order valence-corrected chi connectivity index (χ0v) is 22.0. The molecule has 5 rings (SSSR count).